The van der Waals surface area contributed by atoms with Gasteiger partial charge in [-0.3, -0.25) is 24.6 Å². The summed E-state index contributed by atoms with van der Waals surface area (Å²) in [4.78, 5) is 54.6. The molecule has 1 aliphatic rings. The minimum Gasteiger partial charge on any atom is -0.453 e. The monoisotopic (exact) mass is 450 g/mol. The molecule has 2 N–H and O–H groups in total. The second-order valence-electron chi connectivity index (χ2n) is 6.79. The maximum Gasteiger partial charge on any atom is 0.413 e. The van der Waals surface area contributed by atoms with Gasteiger partial charge in [-0.25, -0.2) is 9.78 Å². The van der Waals surface area contributed by atoms with Crippen LogP contribution in [-0.2, 0) is 9.53 Å². The standard InChI is InChI=1S/C22H18N4O5S/c1-31-22(30)25-21-24-17(13-7-3-2-4-8-13)18(32-21)23-16(27)11-12-26-19(28)14-9-5-6-10-15(14)20(26)29/h2-10H,11-12H2,1H3,(H,23,27)(H,24,25,30). The molecule has 0 aliphatic carbocycles. The van der Waals surface area contributed by atoms with Crippen molar-refractivity contribution in [2.24, 2.45) is 0 Å². The fraction of sp³-hybridized carbons (Fsp3) is 0.136. The average Bonchev–Trinajstić information content (AvgIpc) is 3.31. The van der Waals surface area contributed by atoms with Gasteiger partial charge in [0, 0.05) is 18.5 Å². The van der Waals surface area contributed by atoms with Crippen LogP contribution in [0.3, 0.4) is 0 Å². The minimum atomic E-state index is -0.679. The molecule has 10 heteroatoms. The quantitative estimate of drug-likeness (QED) is 0.554. The molecule has 2 aromatic carbocycles. The van der Waals surface area contributed by atoms with Crippen LogP contribution in [0.4, 0.5) is 14.9 Å². The Bertz CT molecular complexity index is 1170. The predicted molar refractivity (Wildman–Crippen MR) is 119 cm³/mol. The van der Waals surface area contributed by atoms with E-state index in [1.54, 1.807) is 24.3 Å². The molecular formula is C22H18N4O5S. The summed E-state index contributed by atoms with van der Waals surface area (Å²) >= 11 is 1.07. The van der Waals surface area contributed by atoms with Crippen molar-refractivity contribution >= 4 is 45.3 Å². The summed E-state index contributed by atoms with van der Waals surface area (Å²) in [6.07, 6.45) is -0.765. The Morgan fingerprint density at radius 2 is 1.59 bits per heavy atom. The first-order chi connectivity index (χ1) is 15.5. The van der Waals surface area contributed by atoms with Gasteiger partial charge in [0.05, 0.1) is 18.2 Å². The summed E-state index contributed by atoms with van der Waals surface area (Å²) in [6.45, 7) is -0.0507. The number of amides is 4. The molecule has 0 saturated heterocycles. The van der Waals surface area contributed by atoms with Crippen molar-refractivity contribution < 1.29 is 23.9 Å². The normalized spacial score (nSPS) is 12.5. The molecule has 2 heterocycles. The summed E-state index contributed by atoms with van der Waals surface area (Å²) in [6, 6.07) is 15.7. The maximum atomic E-state index is 12.6. The number of hydrogen-bond acceptors (Lipinski definition) is 7. The van der Waals surface area contributed by atoms with E-state index in [1.165, 1.54) is 7.11 Å². The highest BCUT2D eigenvalue weighted by molar-refractivity contribution is 7.20. The zero-order valence-corrected chi connectivity index (χ0v) is 17.8. The first-order valence-corrected chi connectivity index (χ1v) is 10.5. The Morgan fingerprint density at radius 3 is 2.22 bits per heavy atom. The molecule has 1 aromatic heterocycles. The molecule has 0 unspecified atom stereocenters. The molecule has 1 aliphatic heterocycles. The number of imide groups is 1. The lowest BCUT2D eigenvalue weighted by atomic mass is 10.1. The number of fused-ring (bicyclic) bond motifs is 1. The van der Waals surface area contributed by atoms with Gasteiger partial charge in [0.2, 0.25) is 5.91 Å². The zero-order chi connectivity index (χ0) is 22.7. The number of benzene rings is 2. The molecule has 0 bridgehead atoms. The van der Waals surface area contributed by atoms with Crippen molar-refractivity contribution in [1.29, 1.82) is 0 Å². The van der Waals surface area contributed by atoms with Crippen molar-refractivity contribution in [1.82, 2.24) is 9.88 Å². The predicted octanol–water partition coefficient (Wildman–Crippen LogP) is 3.61. The Morgan fingerprint density at radius 1 is 0.969 bits per heavy atom. The highest BCUT2D eigenvalue weighted by Crippen LogP contribution is 2.36. The summed E-state index contributed by atoms with van der Waals surface area (Å²) in [5, 5.41) is 5.94. The number of aromatic nitrogens is 1. The zero-order valence-electron chi connectivity index (χ0n) is 17.0. The number of carbonyl (C=O) groups is 4. The molecule has 162 valence electrons. The van der Waals surface area contributed by atoms with Crippen LogP contribution in [0.1, 0.15) is 27.1 Å². The molecule has 0 fully saturated rings. The fourth-order valence-corrected chi connectivity index (χ4v) is 4.12. The van der Waals surface area contributed by atoms with Gasteiger partial charge in [-0.05, 0) is 12.1 Å². The molecule has 32 heavy (non-hydrogen) atoms. The number of rotatable bonds is 6. The fourth-order valence-electron chi connectivity index (χ4n) is 3.23. The molecule has 3 aromatic rings. The van der Waals surface area contributed by atoms with E-state index < -0.39 is 23.8 Å². The van der Waals surface area contributed by atoms with Gasteiger partial charge in [-0.1, -0.05) is 53.8 Å². The van der Waals surface area contributed by atoms with Gasteiger partial charge in [-0.15, -0.1) is 0 Å². The molecule has 0 spiro atoms. The number of thiazole rings is 1. The molecule has 4 rings (SSSR count). The summed E-state index contributed by atoms with van der Waals surface area (Å²) in [5.41, 5.74) is 1.91. The van der Waals surface area contributed by atoms with Crippen molar-refractivity contribution in [3.05, 3.63) is 65.7 Å². The lowest BCUT2D eigenvalue weighted by Crippen LogP contribution is -2.32. The second-order valence-corrected chi connectivity index (χ2v) is 7.78. The third-order valence-electron chi connectivity index (χ3n) is 4.76. The Hall–Kier alpha value is -4.05. The maximum absolute atomic E-state index is 12.6. The first-order valence-electron chi connectivity index (χ1n) is 9.64. The summed E-state index contributed by atoms with van der Waals surface area (Å²) < 4.78 is 4.59. The second kappa shape index (κ2) is 8.98. The summed E-state index contributed by atoms with van der Waals surface area (Å²) in [7, 11) is 1.24. The van der Waals surface area contributed by atoms with E-state index in [9.17, 15) is 19.2 Å². The van der Waals surface area contributed by atoms with E-state index in [2.05, 4.69) is 20.4 Å². The van der Waals surface area contributed by atoms with Crippen LogP contribution in [0.15, 0.2) is 54.6 Å². The lowest BCUT2D eigenvalue weighted by Gasteiger charge is -2.13. The number of methoxy groups -OCH3 is 1. The van der Waals surface area contributed by atoms with E-state index in [-0.39, 0.29) is 18.1 Å². The first kappa shape index (κ1) is 21.2. The van der Waals surface area contributed by atoms with Gasteiger partial charge < -0.3 is 10.1 Å². The van der Waals surface area contributed by atoms with E-state index in [0.717, 1.165) is 21.8 Å². The van der Waals surface area contributed by atoms with Crippen LogP contribution in [0.25, 0.3) is 11.3 Å². The van der Waals surface area contributed by atoms with Gasteiger partial charge >= 0.3 is 6.09 Å². The number of hydrogen-bond donors (Lipinski definition) is 2. The molecule has 0 atom stereocenters. The van der Waals surface area contributed by atoms with Gasteiger partial charge in [0.1, 0.15) is 10.7 Å². The van der Waals surface area contributed by atoms with E-state index in [0.29, 0.717) is 21.8 Å². The number of carbonyl (C=O) groups excluding carboxylic acids is 4. The minimum absolute atomic E-state index is 0.0507. The van der Waals surface area contributed by atoms with Crippen molar-refractivity contribution in [2.75, 3.05) is 24.3 Å². The smallest absolute Gasteiger partial charge is 0.413 e. The van der Waals surface area contributed by atoms with Crippen LogP contribution in [0.5, 0.6) is 0 Å². The molecule has 0 radical (unpaired) electrons. The van der Waals surface area contributed by atoms with Crippen LogP contribution < -0.4 is 10.6 Å². The number of anilines is 2. The summed E-state index contributed by atoms with van der Waals surface area (Å²) in [5.74, 6) is -1.22. The topological polar surface area (TPSA) is 118 Å². The van der Waals surface area contributed by atoms with Crippen LogP contribution in [0, 0.1) is 0 Å². The Kier molecular flexibility index (Phi) is 5.95. The lowest BCUT2D eigenvalue weighted by molar-refractivity contribution is -0.116. The van der Waals surface area contributed by atoms with Crippen molar-refractivity contribution in [2.45, 2.75) is 6.42 Å². The third-order valence-corrected chi connectivity index (χ3v) is 5.65. The molecule has 9 nitrogen and oxygen atoms in total. The third kappa shape index (κ3) is 4.21. The molecular weight excluding hydrogens is 432 g/mol. The van der Waals surface area contributed by atoms with E-state index in [1.807, 2.05) is 30.3 Å². The largest absolute Gasteiger partial charge is 0.453 e. The van der Waals surface area contributed by atoms with E-state index in [4.69, 9.17) is 0 Å². The SMILES string of the molecule is COC(=O)Nc1nc(-c2ccccc2)c(NC(=O)CCN2C(=O)c3ccccc3C2=O)s1. The highest BCUT2D eigenvalue weighted by Gasteiger charge is 2.35. The van der Waals surface area contributed by atoms with E-state index >= 15 is 0 Å². The van der Waals surface area contributed by atoms with Gasteiger partial charge in [-0.2, -0.15) is 0 Å². The van der Waals surface area contributed by atoms with Gasteiger partial charge in [0.15, 0.2) is 5.13 Å². The Balaban J connectivity index is 1.48. The number of ether oxygens (including phenoxy) is 1. The van der Waals surface area contributed by atoms with Crippen LogP contribution in [-0.4, -0.2) is 47.4 Å². The van der Waals surface area contributed by atoms with Crippen LogP contribution in [0.2, 0.25) is 0 Å². The van der Waals surface area contributed by atoms with Crippen molar-refractivity contribution in [3.63, 3.8) is 0 Å². The van der Waals surface area contributed by atoms with Gasteiger partial charge in [0.25, 0.3) is 11.8 Å². The molecule has 4 amide bonds. The average molecular weight is 450 g/mol. The number of nitrogens with zero attached hydrogens (tertiary/aromatic N) is 2. The van der Waals surface area contributed by atoms with Crippen molar-refractivity contribution in [3.8, 4) is 11.3 Å². The molecule has 0 saturated carbocycles. The van der Waals surface area contributed by atoms with Crippen LogP contribution >= 0.6 is 11.3 Å². The number of nitrogens with one attached hydrogen (secondary N) is 2. The Labute approximate surface area is 187 Å². The highest BCUT2D eigenvalue weighted by atomic mass is 32.1.